The highest BCUT2D eigenvalue weighted by atomic mass is 35.5. The summed E-state index contributed by atoms with van der Waals surface area (Å²) in [5.41, 5.74) is 0.912. The minimum atomic E-state index is -0.248. The molecule has 0 heterocycles. The number of hydrogen-bond donors (Lipinski definition) is 1. The van der Waals surface area contributed by atoms with Gasteiger partial charge in [0.05, 0.1) is 30.2 Å². The molecule has 0 unspecified atom stereocenters. The van der Waals surface area contributed by atoms with Crippen molar-refractivity contribution in [2.24, 2.45) is 5.92 Å². The number of halogens is 1. The summed E-state index contributed by atoms with van der Waals surface area (Å²) in [5.74, 6) is 0.187. The molecule has 1 aliphatic carbocycles. The maximum absolute atomic E-state index is 12.3. The van der Waals surface area contributed by atoms with E-state index in [0.717, 1.165) is 6.54 Å². The van der Waals surface area contributed by atoms with Crippen LogP contribution >= 0.6 is 11.6 Å². The van der Waals surface area contributed by atoms with Crippen LogP contribution in [0.1, 0.15) is 31.7 Å². The predicted octanol–water partition coefficient (Wildman–Crippen LogP) is 2.82. The summed E-state index contributed by atoms with van der Waals surface area (Å²) < 4.78 is 4.94. The van der Waals surface area contributed by atoms with Gasteiger partial charge in [-0.25, -0.2) is 0 Å². The van der Waals surface area contributed by atoms with Crippen molar-refractivity contribution in [3.05, 3.63) is 28.8 Å². The van der Waals surface area contributed by atoms with Gasteiger partial charge in [-0.05, 0) is 43.9 Å². The maximum Gasteiger partial charge on any atom is 0.307 e. The van der Waals surface area contributed by atoms with Crippen molar-refractivity contribution in [2.45, 2.75) is 26.2 Å². The molecule has 0 bridgehead atoms. The second-order valence-corrected chi connectivity index (χ2v) is 6.50. The number of nitriles is 1. The van der Waals surface area contributed by atoms with Gasteiger partial charge in [-0.15, -0.1) is 0 Å². The molecule has 0 atom stereocenters. The second kappa shape index (κ2) is 9.40. The number of esters is 1. The quantitative estimate of drug-likeness (QED) is 0.682. The van der Waals surface area contributed by atoms with Crippen LogP contribution in [0.2, 0.25) is 5.02 Å². The number of ether oxygens (including phenoxy) is 1. The first-order valence-electron chi connectivity index (χ1n) is 8.39. The minimum Gasteiger partial charge on any atom is -0.466 e. The Kier molecular flexibility index (Phi) is 7.23. The van der Waals surface area contributed by atoms with Crippen LogP contribution in [0.4, 0.5) is 5.69 Å². The lowest BCUT2D eigenvalue weighted by molar-refractivity contribution is -0.143. The Morgan fingerprint density at radius 1 is 1.44 bits per heavy atom. The number of anilines is 1. The van der Waals surface area contributed by atoms with Crippen molar-refractivity contribution in [2.75, 3.05) is 31.6 Å². The molecule has 25 heavy (non-hydrogen) atoms. The molecule has 1 aliphatic rings. The van der Waals surface area contributed by atoms with E-state index in [2.05, 4.69) is 5.32 Å². The van der Waals surface area contributed by atoms with Crippen molar-refractivity contribution in [3.63, 3.8) is 0 Å². The zero-order chi connectivity index (χ0) is 18.2. The van der Waals surface area contributed by atoms with E-state index in [1.54, 1.807) is 25.1 Å². The van der Waals surface area contributed by atoms with Gasteiger partial charge in [0.1, 0.15) is 6.07 Å². The number of rotatable bonds is 9. The number of amides is 1. The van der Waals surface area contributed by atoms with E-state index in [0.29, 0.717) is 35.3 Å². The fraction of sp³-hybridized carbons (Fsp3) is 0.500. The van der Waals surface area contributed by atoms with Crippen LogP contribution in [0, 0.1) is 17.2 Å². The number of carbonyl (C=O) groups excluding carboxylic acids is 2. The predicted molar refractivity (Wildman–Crippen MR) is 95.2 cm³/mol. The monoisotopic (exact) mass is 363 g/mol. The number of benzene rings is 1. The smallest absolute Gasteiger partial charge is 0.307 e. The molecule has 134 valence electrons. The van der Waals surface area contributed by atoms with Gasteiger partial charge in [-0.1, -0.05) is 11.6 Å². The molecule has 1 aromatic rings. The molecule has 1 N–H and O–H groups in total. The SMILES string of the molecule is CCOC(=O)CCN(CC(=O)Nc1ccc(C#N)c(Cl)c1)CC1CC1. The minimum absolute atomic E-state index is 0.176. The Morgan fingerprint density at radius 2 is 2.20 bits per heavy atom. The molecule has 0 aliphatic heterocycles. The Morgan fingerprint density at radius 3 is 2.80 bits per heavy atom. The third-order valence-corrected chi connectivity index (χ3v) is 4.20. The van der Waals surface area contributed by atoms with Crippen molar-refractivity contribution < 1.29 is 14.3 Å². The van der Waals surface area contributed by atoms with E-state index in [-0.39, 0.29) is 24.8 Å². The highest BCUT2D eigenvalue weighted by molar-refractivity contribution is 6.32. The van der Waals surface area contributed by atoms with Gasteiger partial charge in [-0.2, -0.15) is 5.26 Å². The summed E-state index contributed by atoms with van der Waals surface area (Å²) in [6, 6.07) is 6.75. The largest absolute Gasteiger partial charge is 0.466 e. The van der Waals surface area contributed by atoms with Crippen molar-refractivity contribution in [3.8, 4) is 6.07 Å². The lowest BCUT2D eigenvalue weighted by Crippen LogP contribution is -2.36. The molecule has 0 spiro atoms. The van der Waals surface area contributed by atoms with E-state index < -0.39 is 0 Å². The molecule has 0 aromatic heterocycles. The fourth-order valence-corrected chi connectivity index (χ4v) is 2.69. The Balaban J connectivity index is 1.88. The van der Waals surface area contributed by atoms with Crippen LogP contribution in [-0.4, -0.2) is 43.0 Å². The van der Waals surface area contributed by atoms with Crippen LogP contribution in [0.3, 0.4) is 0 Å². The average molecular weight is 364 g/mol. The summed E-state index contributed by atoms with van der Waals surface area (Å²) in [7, 11) is 0. The molecule has 0 radical (unpaired) electrons. The summed E-state index contributed by atoms with van der Waals surface area (Å²) in [6.45, 7) is 3.64. The van der Waals surface area contributed by atoms with Crippen molar-refractivity contribution in [1.29, 1.82) is 5.26 Å². The molecular formula is C18H22ClN3O3. The molecule has 1 amide bonds. The van der Waals surface area contributed by atoms with Crippen LogP contribution in [-0.2, 0) is 14.3 Å². The van der Waals surface area contributed by atoms with Gasteiger partial charge in [0.2, 0.25) is 5.91 Å². The number of carbonyl (C=O) groups is 2. The van der Waals surface area contributed by atoms with E-state index in [1.807, 2.05) is 11.0 Å². The zero-order valence-corrected chi connectivity index (χ0v) is 15.0. The summed E-state index contributed by atoms with van der Waals surface area (Å²) >= 11 is 5.97. The Hall–Kier alpha value is -2.10. The Labute approximate surface area is 152 Å². The molecule has 0 saturated heterocycles. The van der Waals surface area contributed by atoms with Crippen LogP contribution in [0.5, 0.6) is 0 Å². The first kappa shape index (κ1) is 19.2. The molecule has 1 fully saturated rings. The third-order valence-electron chi connectivity index (χ3n) is 3.89. The highest BCUT2D eigenvalue weighted by Crippen LogP contribution is 2.29. The number of hydrogen-bond acceptors (Lipinski definition) is 5. The van der Waals surface area contributed by atoms with Crippen LogP contribution in [0.25, 0.3) is 0 Å². The van der Waals surface area contributed by atoms with Crippen molar-refractivity contribution in [1.82, 2.24) is 4.90 Å². The number of nitrogens with zero attached hydrogens (tertiary/aromatic N) is 2. The van der Waals surface area contributed by atoms with Gasteiger partial charge < -0.3 is 10.1 Å². The number of nitrogens with one attached hydrogen (secondary N) is 1. The van der Waals surface area contributed by atoms with E-state index in [4.69, 9.17) is 21.6 Å². The second-order valence-electron chi connectivity index (χ2n) is 6.09. The highest BCUT2D eigenvalue weighted by Gasteiger charge is 2.25. The third kappa shape index (κ3) is 6.73. The van der Waals surface area contributed by atoms with Gasteiger partial charge >= 0.3 is 5.97 Å². The molecule has 1 aromatic carbocycles. The first-order chi connectivity index (χ1) is 12.0. The normalized spacial score (nSPS) is 13.4. The van der Waals surface area contributed by atoms with E-state index >= 15 is 0 Å². The summed E-state index contributed by atoms with van der Waals surface area (Å²) in [6.07, 6.45) is 2.61. The average Bonchev–Trinajstić information content (AvgIpc) is 3.37. The van der Waals surface area contributed by atoms with E-state index in [9.17, 15) is 9.59 Å². The molecular weight excluding hydrogens is 342 g/mol. The summed E-state index contributed by atoms with van der Waals surface area (Å²) in [5, 5.41) is 12.0. The van der Waals surface area contributed by atoms with Crippen LogP contribution in [0.15, 0.2) is 18.2 Å². The van der Waals surface area contributed by atoms with Gasteiger partial charge in [0.25, 0.3) is 0 Å². The lowest BCUT2D eigenvalue weighted by Gasteiger charge is -2.21. The van der Waals surface area contributed by atoms with Gasteiger partial charge in [0, 0.05) is 18.8 Å². The molecule has 2 rings (SSSR count). The fourth-order valence-electron chi connectivity index (χ4n) is 2.47. The topological polar surface area (TPSA) is 82.4 Å². The maximum atomic E-state index is 12.3. The zero-order valence-electron chi connectivity index (χ0n) is 14.3. The summed E-state index contributed by atoms with van der Waals surface area (Å²) in [4.78, 5) is 25.8. The molecule has 7 heteroatoms. The van der Waals surface area contributed by atoms with Crippen LogP contribution < -0.4 is 5.32 Å². The van der Waals surface area contributed by atoms with Gasteiger partial charge in [0.15, 0.2) is 0 Å². The standard InChI is InChI=1S/C18H22ClN3O3/c1-2-25-18(24)7-8-22(11-13-3-4-13)12-17(23)21-15-6-5-14(10-20)16(19)9-15/h5-6,9,13H,2-4,7-8,11-12H2,1H3,(H,21,23). The van der Waals surface area contributed by atoms with Gasteiger partial charge in [-0.3, -0.25) is 14.5 Å². The molecule has 1 saturated carbocycles. The Bertz CT molecular complexity index is 668. The van der Waals surface area contributed by atoms with E-state index in [1.165, 1.54) is 12.8 Å². The molecule has 6 nitrogen and oxygen atoms in total. The first-order valence-corrected chi connectivity index (χ1v) is 8.77. The van der Waals surface area contributed by atoms with Crippen molar-refractivity contribution >= 4 is 29.2 Å². The lowest BCUT2D eigenvalue weighted by atomic mass is 10.2.